The van der Waals surface area contributed by atoms with Crippen LogP contribution in [0, 0.1) is 23.2 Å². The zero-order valence-corrected chi connectivity index (χ0v) is 20.3. The Morgan fingerprint density at radius 1 is 1.23 bits per heavy atom. The van der Waals surface area contributed by atoms with Gasteiger partial charge < -0.3 is 31.4 Å². The number of halogens is 1. The van der Waals surface area contributed by atoms with Gasteiger partial charge in [0.1, 0.15) is 0 Å². The summed E-state index contributed by atoms with van der Waals surface area (Å²) in [5.41, 5.74) is 11.1. The Bertz CT molecular complexity index is 667. The molecule has 0 unspecified atom stereocenters. The molecule has 0 radical (unpaired) electrons. The average molecular weight is 459 g/mol. The van der Waals surface area contributed by atoms with Gasteiger partial charge in [-0.3, -0.25) is 4.79 Å². The van der Waals surface area contributed by atoms with Gasteiger partial charge in [-0.2, -0.15) is 0 Å². The molecule has 2 bridgehead atoms. The highest BCUT2D eigenvalue weighted by molar-refractivity contribution is 6.47. The third-order valence-electron chi connectivity index (χ3n) is 7.68. The summed E-state index contributed by atoms with van der Waals surface area (Å²) in [5.74, 6) is 1.09. The van der Waals surface area contributed by atoms with Crippen molar-refractivity contribution in [3.05, 3.63) is 0 Å². The first-order chi connectivity index (χ1) is 13.9. The first-order valence-electron chi connectivity index (χ1n) is 11.4. The molecule has 6 atom stereocenters. The van der Waals surface area contributed by atoms with Crippen LogP contribution in [0.25, 0.3) is 0 Å². The van der Waals surface area contributed by atoms with Crippen LogP contribution in [0.4, 0.5) is 4.79 Å². The van der Waals surface area contributed by atoms with E-state index >= 15 is 0 Å². The minimum atomic E-state index is -0.652. The molecule has 10 heteroatoms. The van der Waals surface area contributed by atoms with Gasteiger partial charge in [0.25, 0.3) is 0 Å². The van der Waals surface area contributed by atoms with Crippen LogP contribution in [0.1, 0.15) is 66.7 Å². The summed E-state index contributed by atoms with van der Waals surface area (Å²) in [5, 5.41) is 5.60. The number of hydrogen-bond acceptors (Lipinski definition) is 5. The highest BCUT2D eigenvalue weighted by Crippen LogP contribution is 2.65. The maximum atomic E-state index is 12.7. The quantitative estimate of drug-likeness (QED) is 0.310. The van der Waals surface area contributed by atoms with Crippen LogP contribution in [-0.4, -0.2) is 49.3 Å². The van der Waals surface area contributed by atoms with Gasteiger partial charge in [0.2, 0.25) is 5.91 Å². The van der Waals surface area contributed by atoms with E-state index in [1.54, 1.807) is 0 Å². The molecule has 4 aliphatic rings. The summed E-state index contributed by atoms with van der Waals surface area (Å²) in [6.07, 6.45) is 4.10. The van der Waals surface area contributed by atoms with Gasteiger partial charge in [-0.15, -0.1) is 12.4 Å². The molecule has 1 saturated heterocycles. The molecule has 1 aliphatic heterocycles. The Morgan fingerprint density at radius 3 is 2.48 bits per heavy atom. The zero-order valence-electron chi connectivity index (χ0n) is 19.5. The summed E-state index contributed by atoms with van der Waals surface area (Å²) >= 11 is 0. The van der Waals surface area contributed by atoms with Crippen LogP contribution < -0.4 is 22.1 Å². The highest BCUT2D eigenvalue weighted by Gasteiger charge is 2.68. The lowest BCUT2D eigenvalue weighted by Crippen LogP contribution is -2.65. The van der Waals surface area contributed by atoms with Crippen molar-refractivity contribution in [2.45, 2.75) is 90.4 Å². The SMILES string of the molecule is CC(C)C[C@H](NC(=O)[C@@H](N)CCCNC(N)=O)B1O[C@@H]2C[C@@H]3C[C@@H](C3(C)C)[C@]2(C)O1.Cl. The van der Waals surface area contributed by atoms with E-state index in [4.69, 9.17) is 20.8 Å². The predicted molar refractivity (Wildman–Crippen MR) is 124 cm³/mol. The van der Waals surface area contributed by atoms with E-state index in [1.165, 1.54) is 6.42 Å². The lowest BCUT2D eigenvalue weighted by atomic mass is 9.43. The maximum Gasteiger partial charge on any atom is 0.481 e. The Labute approximate surface area is 192 Å². The van der Waals surface area contributed by atoms with Gasteiger partial charge >= 0.3 is 13.1 Å². The maximum absolute atomic E-state index is 12.7. The highest BCUT2D eigenvalue weighted by atomic mass is 35.5. The van der Waals surface area contributed by atoms with Crippen LogP contribution in [0.3, 0.4) is 0 Å². The Kier molecular flexibility index (Phi) is 8.34. The van der Waals surface area contributed by atoms with Crippen molar-refractivity contribution < 1.29 is 18.9 Å². The Hall–Kier alpha value is -1.03. The molecular formula is C21H40BClN4O4. The largest absolute Gasteiger partial charge is 0.481 e. The summed E-state index contributed by atoms with van der Waals surface area (Å²) < 4.78 is 13.0. The van der Waals surface area contributed by atoms with E-state index in [1.807, 2.05) is 0 Å². The monoisotopic (exact) mass is 458 g/mol. The fraction of sp³-hybridized carbons (Fsp3) is 0.905. The van der Waals surface area contributed by atoms with Gasteiger partial charge in [0, 0.05) is 6.54 Å². The number of carbonyl (C=O) groups is 2. The van der Waals surface area contributed by atoms with E-state index in [0.29, 0.717) is 37.1 Å². The molecule has 0 aromatic heterocycles. The molecule has 1 heterocycles. The fourth-order valence-electron chi connectivity index (χ4n) is 5.77. The van der Waals surface area contributed by atoms with E-state index in [2.05, 4.69) is 45.3 Å². The lowest BCUT2D eigenvalue weighted by Gasteiger charge is -2.64. The van der Waals surface area contributed by atoms with Crippen LogP contribution in [0.2, 0.25) is 0 Å². The molecule has 3 amide bonds. The number of hydrogen-bond donors (Lipinski definition) is 4. The van der Waals surface area contributed by atoms with E-state index in [-0.39, 0.29) is 41.4 Å². The van der Waals surface area contributed by atoms with Crippen LogP contribution >= 0.6 is 12.4 Å². The number of nitrogens with two attached hydrogens (primary N) is 2. The molecule has 4 fully saturated rings. The molecule has 0 aromatic carbocycles. The second-order valence-electron chi connectivity index (χ2n) is 10.6. The topological polar surface area (TPSA) is 129 Å². The van der Waals surface area contributed by atoms with Gasteiger partial charge in [-0.1, -0.05) is 27.7 Å². The van der Waals surface area contributed by atoms with Crippen LogP contribution in [0.5, 0.6) is 0 Å². The van der Waals surface area contributed by atoms with Crippen LogP contribution in [0.15, 0.2) is 0 Å². The third-order valence-corrected chi connectivity index (χ3v) is 7.68. The van der Waals surface area contributed by atoms with Gasteiger partial charge in [-0.05, 0) is 62.2 Å². The minimum Gasteiger partial charge on any atom is -0.404 e. The number of carbonyl (C=O) groups excluding carboxylic acids is 2. The molecule has 8 nitrogen and oxygen atoms in total. The number of urea groups is 1. The van der Waals surface area contributed by atoms with Gasteiger partial charge in [0.05, 0.1) is 23.7 Å². The molecule has 6 N–H and O–H groups in total. The number of rotatable bonds is 9. The average Bonchev–Trinajstić information content (AvgIpc) is 3.00. The molecule has 3 aliphatic carbocycles. The molecule has 31 heavy (non-hydrogen) atoms. The fourth-order valence-corrected chi connectivity index (χ4v) is 5.77. The minimum absolute atomic E-state index is 0. The Morgan fingerprint density at radius 2 is 1.90 bits per heavy atom. The summed E-state index contributed by atoms with van der Waals surface area (Å²) in [7, 11) is -0.453. The van der Waals surface area contributed by atoms with Gasteiger partial charge in [0.15, 0.2) is 0 Å². The first-order valence-corrected chi connectivity index (χ1v) is 11.4. The van der Waals surface area contributed by atoms with Gasteiger partial charge in [-0.25, -0.2) is 4.79 Å². The number of nitrogens with one attached hydrogen (secondary N) is 2. The summed E-state index contributed by atoms with van der Waals surface area (Å²) in [6.45, 7) is 11.5. The van der Waals surface area contributed by atoms with Crippen LogP contribution in [-0.2, 0) is 14.1 Å². The van der Waals surface area contributed by atoms with E-state index < -0.39 is 19.2 Å². The first kappa shape index (κ1) is 26.2. The number of primary amides is 1. The molecule has 3 saturated carbocycles. The lowest BCUT2D eigenvalue weighted by molar-refractivity contribution is -0.199. The van der Waals surface area contributed by atoms with Crippen molar-refractivity contribution >= 4 is 31.5 Å². The van der Waals surface area contributed by atoms with Crippen molar-refractivity contribution in [2.75, 3.05) is 6.54 Å². The van der Waals surface area contributed by atoms with Crippen molar-refractivity contribution in [1.29, 1.82) is 0 Å². The predicted octanol–water partition coefficient (Wildman–Crippen LogP) is 1.98. The van der Waals surface area contributed by atoms with Crippen molar-refractivity contribution in [2.24, 2.45) is 34.6 Å². The Balaban J connectivity index is 0.00000341. The normalized spacial score (nSPS) is 32.4. The second kappa shape index (κ2) is 9.85. The third kappa shape index (κ3) is 5.32. The summed E-state index contributed by atoms with van der Waals surface area (Å²) in [6, 6.07) is -1.23. The standard InChI is InChI=1S/C21H39BN4O4.ClH/c1-12(2)9-17(26-18(27)14(23)7-6-8-25-19(24)28)22-29-16-11-13-10-15(20(13,3)4)21(16,5)30-22;/h12-17H,6-11,23H2,1-5H3,(H,26,27)(H3,24,25,28);1H/t13-,14-,15-,16+,17-,21-;/m0./s1. The van der Waals surface area contributed by atoms with E-state index in [9.17, 15) is 9.59 Å². The molecular weight excluding hydrogens is 419 g/mol. The zero-order chi connectivity index (χ0) is 22.3. The molecule has 0 spiro atoms. The van der Waals surface area contributed by atoms with E-state index in [0.717, 1.165) is 12.8 Å². The van der Waals surface area contributed by atoms with Crippen molar-refractivity contribution in [1.82, 2.24) is 10.6 Å². The summed E-state index contributed by atoms with van der Waals surface area (Å²) in [4.78, 5) is 23.5. The molecule has 0 aromatic rings. The van der Waals surface area contributed by atoms with Crippen molar-refractivity contribution in [3.8, 4) is 0 Å². The molecule has 4 rings (SSSR count). The smallest absolute Gasteiger partial charge is 0.404 e. The molecule has 178 valence electrons. The second-order valence-corrected chi connectivity index (χ2v) is 10.6. The number of amides is 3. The van der Waals surface area contributed by atoms with Crippen molar-refractivity contribution in [3.63, 3.8) is 0 Å².